The molecule has 0 spiro atoms. The van der Waals surface area contributed by atoms with Gasteiger partial charge in [0.2, 0.25) is 5.95 Å². The number of anilines is 1. The van der Waals surface area contributed by atoms with Crippen LogP contribution in [-0.4, -0.2) is 28.6 Å². The number of aromatic nitrogens is 2. The molecule has 88 valence electrons. The molecule has 1 aliphatic heterocycles. The van der Waals surface area contributed by atoms with E-state index in [2.05, 4.69) is 37.7 Å². The molecule has 1 aromatic heterocycles. The molecule has 0 radical (unpaired) electrons. The highest BCUT2D eigenvalue weighted by Gasteiger charge is 2.27. The predicted octanol–water partition coefficient (Wildman–Crippen LogP) is 1.95. The van der Waals surface area contributed by atoms with E-state index in [0.29, 0.717) is 6.04 Å². The smallest absolute Gasteiger partial charge is 0.225 e. The molecule has 0 saturated carbocycles. The van der Waals surface area contributed by atoms with Crippen molar-refractivity contribution in [3.63, 3.8) is 0 Å². The lowest BCUT2D eigenvalue weighted by atomic mass is 9.97. The molecule has 1 aromatic rings. The van der Waals surface area contributed by atoms with Crippen LogP contribution in [0.2, 0.25) is 0 Å². The van der Waals surface area contributed by atoms with Crippen molar-refractivity contribution in [2.75, 3.05) is 11.4 Å². The summed E-state index contributed by atoms with van der Waals surface area (Å²) in [4.78, 5) is 10.9. The molecule has 2 N–H and O–H groups in total. The lowest BCUT2D eigenvalue weighted by Crippen LogP contribution is -2.49. The summed E-state index contributed by atoms with van der Waals surface area (Å²) in [6.45, 7) is 3.07. The first-order valence-corrected chi connectivity index (χ1v) is 6.47. The van der Waals surface area contributed by atoms with Crippen LogP contribution in [0.4, 0.5) is 5.95 Å². The van der Waals surface area contributed by atoms with E-state index in [1.807, 2.05) is 0 Å². The second-order valence-electron chi connectivity index (χ2n) is 4.32. The van der Waals surface area contributed by atoms with Gasteiger partial charge in [0.1, 0.15) is 0 Å². The number of hydrogen-bond donors (Lipinski definition) is 1. The van der Waals surface area contributed by atoms with Crippen molar-refractivity contribution in [2.45, 2.75) is 38.3 Å². The van der Waals surface area contributed by atoms with Crippen molar-refractivity contribution in [3.05, 3.63) is 16.9 Å². The van der Waals surface area contributed by atoms with Gasteiger partial charge in [0, 0.05) is 31.0 Å². The fraction of sp³-hybridized carbons (Fsp3) is 0.636. The lowest BCUT2D eigenvalue weighted by molar-refractivity contribution is 0.408. The Kier molecular flexibility index (Phi) is 3.76. The maximum atomic E-state index is 6.02. The minimum Gasteiger partial charge on any atom is -0.336 e. The van der Waals surface area contributed by atoms with Gasteiger partial charge >= 0.3 is 0 Å². The summed E-state index contributed by atoms with van der Waals surface area (Å²) in [5.41, 5.74) is 6.02. The Bertz CT molecular complexity index is 338. The van der Waals surface area contributed by atoms with Gasteiger partial charge in [0.05, 0.1) is 4.47 Å². The van der Waals surface area contributed by atoms with Crippen molar-refractivity contribution < 1.29 is 0 Å². The van der Waals surface area contributed by atoms with Crippen molar-refractivity contribution in [1.29, 1.82) is 0 Å². The van der Waals surface area contributed by atoms with Gasteiger partial charge in [-0.2, -0.15) is 0 Å². The van der Waals surface area contributed by atoms with Crippen LogP contribution in [0.3, 0.4) is 0 Å². The first-order valence-electron chi connectivity index (χ1n) is 5.68. The predicted molar refractivity (Wildman–Crippen MR) is 68.4 cm³/mol. The largest absolute Gasteiger partial charge is 0.336 e. The maximum Gasteiger partial charge on any atom is 0.225 e. The minimum atomic E-state index is 0.160. The van der Waals surface area contributed by atoms with Gasteiger partial charge in [0.15, 0.2) is 0 Å². The Labute approximate surface area is 104 Å². The molecule has 0 bridgehead atoms. The average Bonchev–Trinajstić information content (AvgIpc) is 2.30. The summed E-state index contributed by atoms with van der Waals surface area (Å²) in [6, 6.07) is 0.530. The van der Waals surface area contributed by atoms with E-state index in [-0.39, 0.29) is 6.04 Å². The van der Waals surface area contributed by atoms with Crippen LogP contribution in [0.15, 0.2) is 16.9 Å². The van der Waals surface area contributed by atoms with E-state index in [0.717, 1.165) is 23.4 Å². The normalized spacial score (nSPS) is 23.2. The van der Waals surface area contributed by atoms with E-state index in [1.165, 1.54) is 12.8 Å². The van der Waals surface area contributed by atoms with Gasteiger partial charge in [-0.3, -0.25) is 0 Å². The second-order valence-corrected chi connectivity index (χ2v) is 5.23. The standard InChI is InChI=1S/C11H17BrN4/c1-8(13)10-4-2-3-5-16(10)11-14-6-9(12)7-15-11/h6-8,10H,2-5,13H2,1H3. The van der Waals surface area contributed by atoms with Gasteiger partial charge in [-0.05, 0) is 42.1 Å². The number of hydrogen-bond acceptors (Lipinski definition) is 4. The van der Waals surface area contributed by atoms with Crippen LogP contribution in [0.1, 0.15) is 26.2 Å². The van der Waals surface area contributed by atoms with E-state index >= 15 is 0 Å². The molecule has 0 amide bonds. The first kappa shape index (κ1) is 11.8. The quantitative estimate of drug-likeness (QED) is 0.902. The van der Waals surface area contributed by atoms with Crippen molar-refractivity contribution in [1.82, 2.24) is 9.97 Å². The Hall–Kier alpha value is -0.680. The van der Waals surface area contributed by atoms with E-state index in [1.54, 1.807) is 12.4 Å². The third-order valence-electron chi connectivity index (χ3n) is 3.02. The monoisotopic (exact) mass is 284 g/mol. The summed E-state index contributed by atoms with van der Waals surface area (Å²) in [7, 11) is 0. The molecule has 4 nitrogen and oxygen atoms in total. The summed E-state index contributed by atoms with van der Waals surface area (Å²) >= 11 is 3.35. The molecule has 2 heterocycles. The molecule has 16 heavy (non-hydrogen) atoms. The van der Waals surface area contributed by atoms with Crippen LogP contribution in [-0.2, 0) is 0 Å². The molecular formula is C11H17BrN4. The van der Waals surface area contributed by atoms with Crippen LogP contribution < -0.4 is 10.6 Å². The molecule has 2 atom stereocenters. The molecule has 5 heteroatoms. The zero-order valence-electron chi connectivity index (χ0n) is 9.43. The highest BCUT2D eigenvalue weighted by atomic mass is 79.9. The van der Waals surface area contributed by atoms with Crippen LogP contribution in [0.5, 0.6) is 0 Å². The summed E-state index contributed by atoms with van der Waals surface area (Å²) in [5, 5.41) is 0. The van der Waals surface area contributed by atoms with Crippen LogP contribution in [0.25, 0.3) is 0 Å². The highest BCUT2D eigenvalue weighted by molar-refractivity contribution is 9.10. The Morgan fingerprint density at radius 2 is 2.12 bits per heavy atom. The Morgan fingerprint density at radius 1 is 1.44 bits per heavy atom. The SMILES string of the molecule is CC(N)C1CCCCN1c1ncc(Br)cn1. The first-order chi connectivity index (χ1) is 7.68. The van der Waals surface area contributed by atoms with Gasteiger partial charge in [-0.1, -0.05) is 0 Å². The number of rotatable bonds is 2. The van der Waals surface area contributed by atoms with Crippen molar-refractivity contribution >= 4 is 21.9 Å². The second kappa shape index (κ2) is 5.10. The molecule has 0 aromatic carbocycles. The summed E-state index contributed by atoms with van der Waals surface area (Å²) in [6.07, 6.45) is 7.16. The third kappa shape index (κ3) is 2.52. The molecule has 0 aliphatic carbocycles. The number of nitrogens with zero attached hydrogens (tertiary/aromatic N) is 3. The van der Waals surface area contributed by atoms with Gasteiger partial charge in [0.25, 0.3) is 0 Å². The van der Waals surface area contributed by atoms with E-state index in [9.17, 15) is 0 Å². The zero-order chi connectivity index (χ0) is 11.5. The summed E-state index contributed by atoms with van der Waals surface area (Å²) < 4.78 is 0.908. The van der Waals surface area contributed by atoms with Gasteiger partial charge in [-0.15, -0.1) is 0 Å². The Morgan fingerprint density at radius 3 is 2.75 bits per heavy atom. The average molecular weight is 285 g/mol. The number of halogens is 1. The Balaban J connectivity index is 2.19. The topological polar surface area (TPSA) is 55.0 Å². The van der Waals surface area contributed by atoms with Crippen LogP contribution in [0, 0.1) is 0 Å². The van der Waals surface area contributed by atoms with E-state index < -0.39 is 0 Å². The van der Waals surface area contributed by atoms with E-state index in [4.69, 9.17) is 5.73 Å². The van der Waals surface area contributed by atoms with Crippen LogP contribution >= 0.6 is 15.9 Å². The molecular weight excluding hydrogens is 268 g/mol. The maximum absolute atomic E-state index is 6.02. The van der Waals surface area contributed by atoms with Gasteiger partial charge in [-0.25, -0.2) is 9.97 Å². The number of nitrogens with two attached hydrogens (primary N) is 1. The summed E-state index contributed by atoms with van der Waals surface area (Å²) in [5.74, 6) is 0.796. The van der Waals surface area contributed by atoms with Crippen molar-refractivity contribution in [3.8, 4) is 0 Å². The fourth-order valence-electron chi connectivity index (χ4n) is 2.21. The minimum absolute atomic E-state index is 0.160. The molecule has 2 rings (SSSR count). The van der Waals surface area contributed by atoms with Crippen molar-refractivity contribution in [2.24, 2.45) is 5.73 Å². The molecule has 1 saturated heterocycles. The number of piperidine rings is 1. The zero-order valence-corrected chi connectivity index (χ0v) is 11.0. The van der Waals surface area contributed by atoms with Gasteiger partial charge < -0.3 is 10.6 Å². The third-order valence-corrected chi connectivity index (χ3v) is 3.43. The molecule has 1 aliphatic rings. The highest BCUT2D eigenvalue weighted by Crippen LogP contribution is 2.23. The lowest BCUT2D eigenvalue weighted by Gasteiger charge is -2.37. The fourth-order valence-corrected chi connectivity index (χ4v) is 2.41. The molecule has 1 fully saturated rings. The molecule has 2 unspecified atom stereocenters.